The number of hydrogen-bond acceptors (Lipinski definition) is 2. The Balaban J connectivity index is 2.39. The van der Waals surface area contributed by atoms with E-state index in [-0.39, 0.29) is 5.04 Å². The van der Waals surface area contributed by atoms with E-state index in [9.17, 15) is 0 Å². The maximum Gasteiger partial charge on any atom is 0.544 e. The summed E-state index contributed by atoms with van der Waals surface area (Å²) in [6, 6.07) is 8.11. The van der Waals surface area contributed by atoms with E-state index in [1.165, 1.54) is 0 Å². The van der Waals surface area contributed by atoms with Crippen LogP contribution >= 0.6 is 0 Å². The van der Waals surface area contributed by atoms with Crippen LogP contribution in [0.3, 0.4) is 0 Å². The smallest absolute Gasteiger partial charge is 0.396 e. The zero-order chi connectivity index (χ0) is 16.4. The second-order valence-corrected chi connectivity index (χ2v) is 9.44. The zero-order valence-electron chi connectivity index (χ0n) is 14.4. The van der Waals surface area contributed by atoms with E-state index in [0.717, 1.165) is 43.4 Å². The van der Waals surface area contributed by atoms with Gasteiger partial charge in [-0.2, -0.15) is 0 Å². The van der Waals surface area contributed by atoms with Crippen LogP contribution in [0.1, 0.15) is 58.4 Å². The van der Waals surface area contributed by atoms with Crippen LogP contribution in [-0.4, -0.2) is 20.8 Å². The molecule has 1 N–H and O–H groups in total. The molecule has 22 heavy (non-hydrogen) atoms. The van der Waals surface area contributed by atoms with Crippen molar-refractivity contribution in [2.75, 3.05) is 6.61 Å². The minimum Gasteiger partial charge on any atom is -0.396 e. The molecule has 0 unspecified atom stereocenters. The van der Waals surface area contributed by atoms with Gasteiger partial charge in [0.1, 0.15) is 5.04 Å². The fourth-order valence-corrected chi connectivity index (χ4v) is 2.58. The van der Waals surface area contributed by atoms with Gasteiger partial charge in [-0.3, -0.25) is 0 Å². The lowest BCUT2D eigenvalue weighted by Gasteiger charge is -2.11. The van der Waals surface area contributed by atoms with Crippen molar-refractivity contribution in [3.8, 4) is 17.6 Å². The van der Waals surface area contributed by atoms with Crippen molar-refractivity contribution in [2.24, 2.45) is 0 Å². The predicted octanol–water partition coefficient (Wildman–Crippen LogP) is 4.78. The molecule has 120 valence electrons. The number of rotatable bonds is 7. The van der Waals surface area contributed by atoms with Crippen LogP contribution in [0.15, 0.2) is 24.3 Å². The number of aliphatic hydroxyl groups excluding tert-OH is 1. The molecule has 0 aromatic heterocycles. The molecule has 0 saturated heterocycles. The molecule has 0 fully saturated rings. The van der Waals surface area contributed by atoms with Crippen LogP contribution in [0.5, 0.6) is 5.75 Å². The van der Waals surface area contributed by atoms with Gasteiger partial charge in [-0.15, -0.1) is 0 Å². The summed E-state index contributed by atoms with van der Waals surface area (Å²) in [5.41, 5.74) is 1.04. The second-order valence-electron chi connectivity index (χ2n) is 6.62. The summed E-state index contributed by atoms with van der Waals surface area (Å²) in [6.45, 7) is 9.18. The lowest BCUT2D eigenvalue weighted by atomic mass is 10.1. The first kappa shape index (κ1) is 18.8. The van der Waals surface area contributed by atoms with E-state index in [1.807, 2.05) is 24.3 Å². The Hall–Kier alpha value is -1.24. The van der Waals surface area contributed by atoms with Crippen LogP contribution < -0.4 is 4.43 Å². The molecule has 0 saturated carbocycles. The summed E-state index contributed by atoms with van der Waals surface area (Å²) in [6.07, 6.45) is 5.19. The lowest BCUT2D eigenvalue weighted by Crippen LogP contribution is -2.28. The minimum absolute atomic E-state index is 0.235. The third-order valence-corrected chi connectivity index (χ3v) is 6.28. The first-order valence-electron chi connectivity index (χ1n) is 8.15. The van der Waals surface area contributed by atoms with E-state index in [4.69, 9.17) is 9.53 Å². The second kappa shape index (κ2) is 9.71. The summed E-state index contributed by atoms with van der Waals surface area (Å²) in [4.78, 5) is 0. The molecule has 0 radical (unpaired) electrons. The summed E-state index contributed by atoms with van der Waals surface area (Å²) >= 11 is 0. The maximum atomic E-state index is 8.70. The van der Waals surface area contributed by atoms with Crippen molar-refractivity contribution in [3.05, 3.63) is 29.8 Å². The maximum absolute atomic E-state index is 8.70. The largest absolute Gasteiger partial charge is 0.544 e. The molecule has 1 aromatic rings. The predicted molar refractivity (Wildman–Crippen MR) is 95.5 cm³/mol. The summed E-state index contributed by atoms with van der Waals surface area (Å²) in [5, 5.41) is 8.94. The van der Waals surface area contributed by atoms with Crippen molar-refractivity contribution in [2.45, 2.75) is 64.5 Å². The van der Waals surface area contributed by atoms with Gasteiger partial charge < -0.3 is 9.53 Å². The van der Waals surface area contributed by atoms with Crippen LogP contribution in [0.4, 0.5) is 0 Å². The van der Waals surface area contributed by atoms with Gasteiger partial charge in [0.15, 0.2) is 5.75 Å². The SMILES string of the molecule is C[Si+](Oc1ccc(C#CCCCCCCO)cc1)C(C)(C)C. The molecule has 0 amide bonds. The van der Waals surface area contributed by atoms with E-state index in [1.54, 1.807) is 0 Å². The van der Waals surface area contributed by atoms with Crippen LogP contribution in [0, 0.1) is 11.8 Å². The molecule has 0 aliphatic rings. The average molecular weight is 318 g/mol. The summed E-state index contributed by atoms with van der Waals surface area (Å²) < 4.78 is 6.05. The zero-order valence-corrected chi connectivity index (χ0v) is 15.4. The van der Waals surface area contributed by atoms with Crippen molar-refractivity contribution in [1.29, 1.82) is 0 Å². The molecule has 0 atom stereocenters. The first-order valence-corrected chi connectivity index (χ1v) is 10.1. The number of aliphatic hydroxyl groups is 1. The summed E-state index contributed by atoms with van der Waals surface area (Å²) in [5.74, 6) is 7.36. The van der Waals surface area contributed by atoms with Crippen LogP contribution in [-0.2, 0) is 0 Å². The molecule has 3 heteroatoms. The van der Waals surface area contributed by atoms with E-state index in [2.05, 4.69) is 39.2 Å². The van der Waals surface area contributed by atoms with Crippen LogP contribution in [0.25, 0.3) is 0 Å². The summed E-state index contributed by atoms with van der Waals surface area (Å²) in [7, 11) is -0.855. The molecule has 0 aliphatic carbocycles. The Bertz CT molecular complexity index is 477. The van der Waals surface area contributed by atoms with Gasteiger partial charge in [-0.25, -0.2) is 0 Å². The Kier molecular flexibility index (Phi) is 8.30. The van der Waals surface area contributed by atoms with Gasteiger partial charge in [0.05, 0.1) is 6.55 Å². The highest BCUT2D eigenvalue weighted by molar-refractivity contribution is 6.54. The molecule has 1 aromatic carbocycles. The standard InChI is InChI=1S/C19H29O2Si/c1-19(2,3)22(4)21-18-14-12-17(13-15-18)11-9-7-5-6-8-10-16-20/h12-15,20H,5-8,10,16H2,1-4H3/q+1. The fraction of sp³-hybridized carbons (Fsp3) is 0.579. The Morgan fingerprint density at radius 2 is 1.68 bits per heavy atom. The first-order chi connectivity index (χ1) is 10.4. The Morgan fingerprint density at radius 3 is 2.27 bits per heavy atom. The lowest BCUT2D eigenvalue weighted by molar-refractivity contribution is 0.282. The van der Waals surface area contributed by atoms with Gasteiger partial charge in [-0.05, 0) is 57.9 Å². The van der Waals surface area contributed by atoms with Crippen LogP contribution in [0.2, 0.25) is 11.6 Å². The van der Waals surface area contributed by atoms with E-state index < -0.39 is 9.04 Å². The Morgan fingerprint density at radius 1 is 1.05 bits per heavy atom. The quantitative estimate of drug-likeness (QED) is 0.445. The molecule has 0 heterocycles. The van der Waals surface area contributed by atoms with Crippen molar-refractivity contribution >= 4 is 9.04 Å². The van der Waals surface area contributed by atoms with Crippen molar-refractivity contribution < 1.29 is 9.53 Å². The topological polar surface area (TPSA) is 29.5 Å². The highest BCUT2D eigenvalue weighted by atomic mass is 28.3. The highest BCUT2D eigenvalue weighted by Gasteiger charge is 2.40. The molecule has 0 aliphatic heterocycles. The van der Waals surface area contributed by atoms with Gasteiger partial charge in [0.25, 0.3) is 0 Å². The number of benzene rings is 1. The molecule has 0 bridgehead atoms. The molecule has 1 rings (SSSR count). The number of hydrogen-bond donors (Lipinski definition) is 1. The fourth-order valence-electron chi connectivity index (χ4n) is 1.78. The van der Waals surface area contributed by atoms with Gasteiger partial charge >= 0.3 is 9.04 Å². The van der Waals surface area contributed by atoms with Crippen molar-refractivity contribution in [3.63, 3.8) is 0 Å². The molecule has 0 spiro atoms. The third kappa shape index (κ3) is 7.68. The molecular weight excluding hydrogens is 288 g/mol. The Labute approximate surface area is 137 Å². The van der Waals surface area contributed by atoms with Gasteiger partial charge in [0, 0.05) is 18.6 Å². The minimum atomic E-state index is -0.855. The molecule has 2 nitrogen and oxygen atoms in total. The monoisotopic (exact) mass is 317 g/mol. The van der Waals surface area contributed by atoms with E-state index in [0.29, 0.717) is 6.61 Å². The third-order valence-electron chi connectivity index (χ3n) is 3.62. The average Bonchev–Trinajstić information content (AvgIpc) is 2.47. The van der Waals surface area contributed by atoms with E-state index >= 15 is 0 Å². The van der Waals surface area contributed by atoms with Crippen molar-refractivity contribution in [1.82, 2.24) is 0 Å². The highest BCUT2D eigenvalue weighted by Crippen LogP contribution is 2.28. The normalized spacial score (nSPS) is 10.8. The molecular formula is C19H29O2Si+. The van der Waals surface area contributed by atoms with Gasteiger partial charge in [0.2, 0.25) is 0 Å². The number of unbranched alkanes of at least 4 members (excludes halogenated alkanes) is 4. The van der Waals surface area contributed by atoms with Gasteiger partial charge in [-0.1, -0.05) is 24.7 Å².